The van der Waals surface area contributed by atoms with Gasteiger partial charge >= 0.3 is 0 Å². The third kappa shape index (κ3) is 5.20. The molecule has 2 heteroatoms. The molecule has 1 atom stereocenters. The van der Waals surface area contributed by atoms with E-state index in [2.05, 4.69) is 79.0 Å². The number of rotatable bonds is 8. The number of benzene rings is 3. The minimum absolute atomic E-state index is 0.230. The van der Waals surface area contributed by atoms with E-state index in [1.54, 1.807) is 0 Å². The van der Waals surface area contributed by atoms with Gasteiger partial charge in [0.15, 0.2) is 0 Å². The summed E-state index contributed by atoms with van der Waals surface area (Å²) in [4.78, 5) is 0. The Bertz CT molecular complexity index is 755. The Labute approximate surface area is 150 Å². The lowest BCUT2D eigenvalue weighted by molar-refractivity contribution is 0.315. The molecule has 0 amide bonds. The van der Waals surface area contributed by atoms with Gasteiger partial charge in [0.25, 0.3) is 0 Å². The van der Waals surface area contributed by atoms with Crippen LogP contribution in [0.1, 0.15) is 29.7 Å². The molecule has 0 radical (unpaired) electrons. The second-order valence-corrected chi connectivity index (χ2v) is 6.21. The van der Waals surface area contributed by atoms with Crippen LogP contribution in [-0.4, -0.2) is 6.61 Å². The Kier molecular flexibility index (Phi) is 6.24. The van der Waals surface area contributed by atoms with Crippen molar-refractivity contribution in [1.82, 2.24) is 5.32 Å². The van der Waals surface area contributed by atoms with E-state index in [-0.39, 0.29) is 6.04 Å². The molecule has 0 heterocycles. The fourth-order valence-corrected chi connectivity index (χ4v) is 2.87. The van der Waals surface area contributed by atoms with Crippen LogP contribution in [0.25, 0.3) is 0 Å². The molecule has 0 aliphatic heterocycles. The molecule has 1 N–H and O–H groups in total. The highest BCUT2D eigenvalue weighted by molar-refractivity contribution is 5.35. The van der Waals surface area contributed by atoms with Crippen LogP contribution >= 0.6 is 0 Å². The predicted molar refractivity (Wildman–Crippen MR) is 104 cm³/mol. The van der Waals surface area contributed by atoms with Crippen LogP contribution < -0.4 is 10.1 Å². The summed E-state index contributed by atoms with van der Waals surface area (Å²) in [5.74, 6) is 0.964. The molecule has 0 saturated carbocycles. The maximum Gasteiger partial charge on any atom is 0.124 e. The molecule has 3 rings (SSSR count). The molecule has 25 heavy (non-hydrogen) atoms. The Morgan fingerprint density at radius 3 is 2.08 bits per heavy atom. The van der Waals surface area contributed by atoms with E-state index >= 15 is 0 Å². The van der Waals surface area contributed by atoms with Gasteiger partial charge in [0, 0.05) is 24.6 Å². The number of ether oxygens (including phenoxy) is 1. The van der Waals surface area contributed by atoms with Gasteiger partial charge in [0.2, 0.25) is 0 Å². The van der Waals surface area contributed by atoms with Crippen molar-refractivity contribution >= 4 is 0 Å². The predicted octanol–water partition coefficient (Wildman–Crippen LogP) is 5.16. The topological polar surface area (TPSA) is 21.3 Å². The number of nitrogens with one attached hydrogen (secondary N) is 1. The molecule has 0 aliphatic carbocycles. The lowest BCUT2D eigenvalue weighted by Crippen LogP contribution is -2.19. The summed E-state index contributed by atoms with van der Waals surface area (Å²) < 4.78 is 6.07. The summed E-state index contributed by atoms with van der Waals surface area (Å²) in [6.45, 7) is 3.72. The summed E-state index contributed by atoms with van der Waals surface area (Å²) in [6.07, 6.45) is 0.918. The second kappa shape index (κ2) is 9.05. The summed E-state index contributed by atoms with van der Waals surface area (Å²) in [7, 11) is 0. The van der Waals surface area contributed by atoms with E-state index in [9.17, 15) is 0 Å². The Morgan fingerprint density at radius 1 is 0.760 bits per heavy atom. The Hall–Kier alpha value is -2.58. The van der Waals surface area contributed by atoms with Crippen molar-refractivity contribution in [3.8, 4) is 5.75 Å². The number of hydrogen-bond donors (Lipinski definition) is 1. The molecule has 3 aromatic rings. The van der Waals surface area contributed by atoms with E-state index in [0.29, 0.717) is 6.61 Å². The van der Waals surface area contributed by atoms with E-state index in [0.717, 1.165) is 18.7 Å². The van der Waals surface area contributed by atoms with Crippen molar-refractivity contribution in [2.45, 2.75) is 25.9 Å². The monoisotopic (exact) mass is 331 g/mol. The van der Waals surface area contributed by atoms with Crippen LogP contribution in [0.4, 0.5) is 0 Å². The maximum atomic E-state index is 6.07. The fraction of sp³-hybridized carbons (Fsp3) is 0.217. The highest BCUT2D eigenvalue weighted by Crippen LogP contribution is 2.25. The maximum absolute atomic E-state index is 6.07. The smallest absolute Gasteiger partial charge is 0.124 e. The van der Waals surface area contributed by atoms with Crippen molar-refractivity contribution in [2.24, 2.45) is 0 Å². The molecule has 0 bridgehead atoms. The molecule has 0 spiro atoms. The standard InChI is InChI=1S/C23H25NO/c1-19(24-18-21-12-6-3-7-13-21)22-14-8-9-15-23(22)25-17-16-20-10-4-2-5-11-20/h2-15,19,24H,16-18H2,1H3. The zero-order valence-corrected chi connectivity index (χ0v) is 14.7. The first-order valence-electron chi connectivity index (χ1n) is 8.86. The summed E-state index contributed by atoms with van der Waals surface area (Å²) in [5.41, 5.74) is 3.79. The Balaban J connectivity index is 1.58. The third-order valence-electron chi connectivity index (χ3n) is 4.33. The highest BCUT2D eigenvalue weighted by atomic mass is 16.5. The summed E-state index contributed by atoms with van der Waals surface area (Å²) in [6, 6.07) is 29.5. The summed E-state index contributed by atoms with van der Waals surface area (Å²) in [5, 5.41) is 3.58. The molecule has 0 fully saturated rings. The summed E-state index contributed by atoms with van der Waals surface area (Å²) >= 11 is 0. The van der Waals surface area contributed by atoms with Crippen molar-refractivity contribution in [1.29, 1.82) is 0 Å². The lowest BCUT2D eigenvalue weighted by Gasteiger charge is -2.18. The van der Waals surface area contributed by atoms with Crippen LogP contribution in [-0.2, 0) is 13.0 Å². The van der Waals surface area contributed by atoms with E-state index in [4.69, 9.17) is 4.74 Å². The van der Waals surface area contributed by atoms with Gasteiger partial charge < -0.3 is 10.1 Å². The molecule has 2 nitrogen and oxygen atoms in total. The normalized spacial score (nSPS) is 11.9. The highest BCUT2D eigenvalue weighted by Gasteiger charge is 2.11. The molecule has 3 aromatic carbocycles. The SMILES string of the molecule is CC(NCc1ccccc1)c1ccccc1OCCc1ccccc1. The molecular formula is C23H25NO. The van der Waals surface area contributed by atoms with Crippen molar-refractivity contribution < 1.29 is 4.74 Å². The van der Waals surface area contributed by atoms with Crippen LogP contribution in [0.3, 0.4) is 0 Å². The molecule has 128 valence electrons. The lowest BCUT2D eigenvalue weighted by atomic mass is 10.1. The van der Waals surface area contributed by atoms with Crippen molar-refractivity contribution in [3.63, 3.8) is 0 Å². The van der Waals surface area contributed by atoms with Crippen LogP contribution in [0.2, 0.25) is 0 Å². The molecular weight excluding hydrogens is 306 g/mol. The third-order valence-corrected chi connectivity index (χ3v) is 4.33. The van der Waals surface area contributed by atoms with Gasteiger partial charge in [-0.2, -0.15) is 0 Å². The first kappa shape index (κ1) is 17.2. The number of para-hydroxylation sites is 1. The van der Waals surface area contributed by atoms with Crippen LogP contribution in [0.5, 0.6) is 5.75 Å². The minimum atomic E-state index is 0.230. The van der Waals surface area contributed by atoms with Gasteiger partial charge in [-0.25, -0.2) is 0 Å². The van der Waals surface area contributed by atoms with E-state index < -0.39 is 0 Å². The van der Waals surface area contributed by atoms with Gasteiger partial charge in [-0.3, -0.25) is 0 Å². The zero-order chi connectivity index (χ0) is 17.3. The van der Waals surface area contributed by atoms with Crippen molar-refractivity contribution in [2.75, 3.05) is 6.61 Å². The van der Waals surface area contributed by atoms with Gasteiger partial charge in [0.05, 0.1) is 6.61 Å². The first-order chi connectivity index (χ1) is 12.3. The van der Waals surface area contributed by atoms with Crippen LogP contribution in [0.15, 0.2) is 84.9 Å². The fourth-order valence-electron chi connectivity index (χ4n) is 2.87. The molecule has 0 aliphatic rings. The van der Waals surface area contributed by atoms with E-state index in [1.807, 2.05) is 18.2 Å². The first-order valence-corrected chi connectivity index (χ1v) is 8.86. The minimum Gasteiger partial charge on any atom is -0.493 e. The van der Waals surface area contributed by atoms with Gasteiger partial charge in [-0.1, -0.05) is 78.9 Å². The van der Waals surface area contributed by atoms with Gasteiger partial charge in [0.1, 0.15) is 5.75 Å². The van der Waals surface area contributed by atoms with Crippen LogP contribution in [0, 0.1) is 0 Å². The van der Waals surface area contributed by atoms with E-state index in [1.165, 1.54) is 16.7 Å². The average molecular weight is 331 g/mol. The molecule has 0 saturated heterocycles. The second-order valence-electron chi connectivity index (χ2n) is 6.21. The molecule has 1 unspecified atom stereocenters. The average Bonchev–Trinajstić information content (AvgIpc) is 2.68. The Morgan fingerprint density at radius 2 is 1.36 bits per heavy atom. The van der Waals surface area contributed by atoms with Gasteiger partial charge in [-0.15, -0.1) is 0 Å². The zero-order valence-electron chi connectivity index (χ0n) is 14.7. The van der Waals surface area contributed by atoms with Gasteiger partial charge in [-0.05, 0) is 24.1 Å². The number of hydrogen-bond acceptors (Lipinski definition) is 2. The largest absolute Gasteiger partial charge is 0.493 e. The molecule has 0 aromatic heterocycles. The quantitative estimate of drug-likeness (QED) is 0.615. The van der Waals surface area contributed by atoms with Crippen molar-refractivity contribution in [3.05, 3.63) is 102 Å².